The molecule has 0 aliphatic heterocycles. The van der Waals surface area contributed by atoms with Crippen molar-refractivity contribution < 1.29 is 10.0 Å². The Hall–Kier alpha value is -1.69. The molecule has 6 heteroatoms. The largest absolute Gasteiger partial charge is 0.409 e. The van der Waals surface area contributed by atoms with Gasteiger partial charge in [-0.1, -0.05) is 17.3 Å². The predicted molar refractivity (Wildman–Crippen MR) is 78.9 cm³/mol. The minimum atomic E-state index is -0.0346. The molecule has 0 radical (unpaired) electrons. The van der Waals surface area contributed by atoms with E-state index >= 15 is 0 Å². The van der Waals surface area contributed by atoms with Crippen LogP contribution in [-0.4, -0.2) is 46.9 Å². The number of hydrogen-bond acceptors (Lipinski definition) is 4. The van der Waals surface area contributed by atoms with Crippen LogP contribution in [0.1, 0.15) is 22.8 Å². The summed E-state index contributed by atoms with van der Waals surface area (Å²) in [4.78, 5) is 13.9. The summed E-state index contributed by atoms with van der Waals surface area (Å²) in [5.74, 6) is 0.889. The number of rotatable bonds is 5. The van der Waals surface area contributed by atoms with Crippen molar-refractivity contribution in [2.45, 2.75) is 13.0 Å². The van der Waals surface area contributed by atoms with E-state index in [4.69, 9.17) is 10.9 Å². The molecule has 1 amide bonds. The van der Waals surface area contributed by atoms with Gasteiger partial charge in [0.05, 0.1) is 0 Å². The third-order valence-corrected chi connectivity index (χ3v) is 3.74. The molecule has 19 heavy (non-hydrogen) atoms. The molecule has 0 bridgehead atoms. The molecule has 3 N–H and O–H groups in total. The first kappa shape index (κ1) is 15.4. The van der Waals surface area contributed by atoms with E-state index in [1.165, 1.54) is 0 Å². The van der Waals surface area contributed by atoms with Gasteiger partial charge in [-0.05, 0) is 25.3 Å². The average molecular weight is 281 g/mol. The zero-order valence-corrected chi connectivity index (χ0v) is 12.1. The van der Waals surface area contributed by atoms with Crippen molar-refractivity contribution >= 4 is 23.5 Å². The second-order valence-corrected chi connectivity index (χ2v) is 5.19. The standard InChI is InChI=1S/C13H19N3O2S/c1-9(8-19-3)16(2)13(17)11-6-4-10(5-7-11)12(14)15-18/h4-7,9,18H,8H2,1-3H3,(H2,14,15). The molecule has 1 unspecified atom stereocenters. The lowest BCUT2D eigenvalue weighted by molar-refractivity contribution is 0.0757. The van der Waals surface area contributed by atoms with E-state index in [1.54, 1.807) is 48.0 Å². The Balaban J connectivity index is 2.83. The number of carbonyl (C=O) groups excluding carboxylic acids is 1. The second kappa shape index (κ2) is 7.04. The Morgan fingerprint density at radius 2 is 1.95 bits per heavy atom. The molecule has 1 atom stereocenters. The minimum absolute atomic E-state index is 0.0307. The van der Waals surface area contributed by atoms with Crippen LogP contribution in [0, 0.1) is 0 Å². The highest BCUT2D eigenvalue weighted by molar-refractivity contribution is 7.98. The van der Waals surface area contributed by atoms with Crippen LogP contribution >= 0.6 is 11.8 Å². The number of amides is 1. The minimum Gasteiger partial charge on any atom is -0.409 e. The molecule has 0 saturated heterocycles. The maximum absolute atomic E-state index is 12.2. The van der Waals surface area contributed by atoms with Gasteiger partial charge in [-0.25, -0.2) is 0 Å². The summed E-state index contributed by atoms with van der Waals surface area (Å²) in [5.41, 5.74) is 6.64. The van der Waals surface area contributed by atoms with Gasteiger partial charge < -0.3 is 15.8 Å². The number of thioether (sulfide) groups is 1. The van der Waals surface area contributed by atoms with Gasteiger partial charge in [-0.3, -0.25) is 4.79 Å². The summed E-state index contributed by atoms with van der Waals surface area (Å²) in [6.07, 6.45) is 2.01. The highest BCUT2D eigenvalue weighted by Gasteiger charge is 2.17. The van der Waals surface area contributed by atoms with E-state index in [0.717, 1.165) is 5.75 Å². The predicted octanol–water partition coefficient (Wildman–Crippen LogP) is 1.60. The van der Waals surface area contributed by atoms with Gasteiger partial charge in [0.1, 0.15) is 0 Å². The van der Waals surface area contributed by atoms with E-state index < -0.39 is 0 Å². The van der Waals surface area contributed by atoms with Crippen LogP contribution < -0.4 is 5.73 Å². The molecule has 0 saturated carbocycles. The number of oxime groups is 1. The molecule has 0 spiro atoms. The summed E-state index contributed by atoms with van der Waals surface area (Å²) < 4.78 is 0. The third-order valence-electron chi connectivity index (χ3n) is 2.92. The molecule has 0 aromatic heterocycles. The van der Waals surface area contributed by atoms with Crippen LogP contribution in [0.5, 0.6) is 0 Å². The SMILES string of the molecule is CSCC(C)N(C)C(=O)c1ccc(/C(N)=N/O)cc1. The van der Waals surface area contributed by atoms with Crippen molar-refractivity contribution in [3.8, 4) is 0 Å². The fraction of sp³-hybridized carbons (Fsp3) is 0.385. The maximum Gasteiger partial charge on any atom is 0.253 e. The lowest BCUT2D eigenvalue weighted by Crippen LogP contribution is -2.36. The molecule has 0 fully saturated rings. The van der Waals surface area contributed by atoms with E-state index in [2.05, 4.69) is 5.16 Å². The normalized spacial score (nSPS) is 13.1. The highest BCUT2D eigenvalue weighted by Crippen LogP contribution is 2.11. The second-order valence-electron chi connectivity index (χ2n) is 4.28. The molecule has 0 aliphatic carbocycles. The van der Waals surface area contributed by atoms with Gasteiger partial charge in [0.15, 0.2) is 5.84 Å². The monoisotopic (exact) mass is 281 g/mol. The third kappa shape index (κ3) is 3.89. The molecule has 1 aromatic rings. The first-order valence-corrected chi connectivity index (χ1v) is 7.24. The van der Waals surface area contributed by atoms with E-state index in [0.29, 0.717) is 11.1 Å². The summed E-state index contributed by atoms with van der Waals surface area (Å²) >= 11 is 1.71. The maximum atomic E-state index is 12.2. The molecule has 0 aliphatic rings. The number of benzene rings is 1. The van der Waals surface area contributed by atoms with Gasteiger partial charge in [0.2, 0.25) is 0 Å². The number of carbonyl (C=O) groups is 1. The Labute approximate surface area is 117 Å². The molecule has 5 nitrogen and oxygen atoms in total. The van der Waals surface area contributed by atoms with Crippen LogP contribution in [0.3, 0.4) is 0 Å². The topological polar surface area (TPSA) is 78.9 Å². The fourth-order valence-electron chi connectivity index (χ4n) is 1.60. The zero-order valence-electron chi connectivity index (χ0n) is 11.3. The van der Waals surface area contributed by atoms with Crippen molar-refractivity contribution in [3.63, 3.8) is 0 Å². The number of nitrogens with two attached hydrogens (primary N) is 1. The van der Waals surface area contributed by atoms with Crippen molar-refractivity contribution in [1.82, 2.24) is 4.90 Å². The quantitative estimate of drug-likeness (QED) is 0.372. The molecule has 1 aromatic carbocycles. The zero-order chi connectivity index (χ0) is 14.4. The Morgan fingerprint density at radius 1 is 1.42 bits per heavy atom. The highest BCUT2D eigenvalue weighted by atomic mass is 32.2. The first-order chi connectivity index (χ1) is 9.01. The van der Waals surface area contributed by atoms with E-state index in [-0.39, 0.29) is 17.8 Å². The molecule has 0 heterocycles. The number of hydrogen-bond donors (Lipinski definition) is 2. The number of amidine groups is 1. The van der Waals surface area contributed by atoms with Crippen molar-refractivity contribution in [2.75, 3.05) is 19.1 Å². The number of nitrogens with zero attached hydrogens (tertiary/aromatic N) is 2. The smallest absolute Gasteiger partial charge is 0.253 e. The van der Waals surface area contributed by atoms with Gasteiger partial charge >= 0.3 is 0 Å². The summed E-state index contributed by atoms with van der Waals surface area (Å²) in [5, 5.41) is 11.5. The van der Waals surface area contributed by atoms with Crippen molar-refractivity contribution in [2.24, 2.45) is 10.9 Å². The van der Waals surface area contributed by atoms with Crippen LogP contribution in [-0.2, 0) is 0 Å². The molecular weight excluding hydrogens is 262 g/mol. The molecular formula is C13H19N3O2S. The summed E-state index contributed by atoms with van der Waals surface area (Å²) in [6.45, 7) is 2.01. The van der Waals surface area contributed by atoms with Crippen LogP contribution in [0.2, 0.25) is 0 Å². The van der Waals surface area contributed by atoms with Crippen molar-refractivity contribution in [3.05, 3.63) is 35.4 Å². The van der Waals surface area contributed by atoms with Crippen LogP contribution in [0.25, 0.3) is 0 Å². The van der Waals surface area contributed by atoms with Gasteiger partial charge in [-0.2, -0.15) is 11.8 Å². The van der Waals surface area contributed by atoms with E-state index in [9.17, 15) is 4.79 Å². The molecule has 104 valence electrons. The van der Waals surface area contributed by atoms with Crippen LogP contribution in [0.4, 0.5) is 0 Å². The Morgan fingerprint density at radius 3 is 2.42 bits per heavy atom. The lowest BCUT2D eigenvalue weighted by Gasteiger charge is -2.24. The van der Waals surface area contributed by atoms with Gasteiger partial charge in [-0.15, -0.1) is 0 Å². The van der Waals surface area contributed by atoms with Crippen molar-refractivity contribution in [1.29, 1.82) is 0 Å². The molecule has 1 rings (SSSR count). The van der Waals surface area contributed by atoms with Gasteiger partial charge in [0, 0.05) is 30.0 Å². The first-order valence-electron chi connectivity index (χ1n) is 5.85. The lowest BCUT2D eigenvalue weighted by atomic mass is 10.1. The summed E-state index contributed by atoms with van der Waals surface area (Å²) in [6, 6.07) is 6.85. The Kier molecular flexibility index (Phi) is 5.69. The fourth-order valence-corrected chi connectivity index (χ4v) is 2.30. The average Bonchev–Trinajstić information content (AvgIpc) is 2.45. The van der Waals surface area contributed by atoms with Crippen LogP contribution in [0.15, 0.2) is 29.4 Å². The van der Waals surface area contributed by atoms with Gasteiger partial charge in [0.25, 0.3) is 5.91 Å². The van der Waals surface area contributed by atoms with E-state index in [1.807, 2.05) is 13.2 Å². The Bertz CT molecular complexity index is 459. The summed E-state index contributed by atoms with van der Waals surface area (Å²) in [7, 11) is 1.79.